The van der Waals surface area contributed by atoms with Crippen molar-refractivity contribution in [1.29, 1.82) is 0 Å². The number of benzene rings is 2. The van der Waals surface area contributed by atoms with Crippen LogP contribution in [0.25, 0.3) is 5.69 Å². The summed E-state index contributed by atoms with van der Waals surface area (Å²) in [6.07, 6.45) is -8.33. The number of amides is 2. The Morgan fingerprint density at radius 1 is 0.974 bits per heavy atom. The van der Waals surface area contributed by atoms with Gasteiger partial charge >= 0.3 is 18.4 Å². The van der Waals surface area contributed by atoms with Crippen LogP contribution in [-0.2, 0) is 18.9 Å². The molecule has 1 aromatic heterocycles. The van der Waals surface area contributed by atoms with Crippen molar-refractivity contribution < 1.29 is 35.9 Å². The lowest BCUT2D eigenvalue weighted by atomic mass is 10.0. The number of carbonyl (C=O) groups excluding carboxylic acids is 1. The first kappa shape index (κ1) is 27.1. The molecule has 0 aliphatic carbocycles. The number of ether oxygens (including phenoxy) is 1. The number of urea groups is 1. The molecular formula is C24H24F6N6O2. The molecule has 8 nitrogen and oxygen atoms in total. The Morgan fingerprint density at radius 2 is 1.61 bits per heavy atom. The van der Waals surface area contributed by atoms with Crippen molar-refractivity contribution >= 4 is 11.7 Å². The number of halogens is 6. The number of nitrogens with one attached hydrogen (secondary N) is 1. The SMILES string of the molecule is COc1cc(N2CCN(C(=O)NCc3cc(C(F)(F)F)cc(C(F)(F)F)c3)CC2)ccc1-n1cnc(C)n1. The molecule has 204 valence electrons. The van der Waals surface area contributed by atoms with E-state index in [-0.39, 0.29) is 11.6 Å². The smallest absolute Gasteiger partial charge is 0.416 e. The summed E-state index contributed by atoms with van der Waals surface area (Å²) in [7, 11) is 1.54. The van der Waals surface area contributed by atoms with Crippen LogP contribution in [0.3, 0.4) is 0 Å². The molecule has 4 rings (SSSR count). The lowest BCUT2D eigenvalue weighted by Gasteiger charge is -2.36. The van der Waals surface area contributed by atoms with Crippen LogP contribution in [0.4, 0.5) is 36.8 Å². The molecular weight excluding hydrogens is 518 g/mol. The number of methoxy groups -OCH3 is 1. The van der Waals surface area contributed by atoms with E-state index >= 15 is 0 Å². The van der Waals surface area contributed by atoms with E-state index in [4.69, 9.17) is 4.74 Å². The van der Waals surface area contributed by atoms with Gasteiger partial charge in [-0.1, -0.05) is 0 Å². The van der Waals surface area contributed by atoms with Gasteiger partial charge in [0.15, 0.2) is 0 Å². The van der Waals surface area contributed by atoms with Crippen LogP contribution < -0.4 is 15.0 Å². The fraction of sp³-hybridized carbons (Fsp3) is 0.375. The summed E-state index contributed by atoms with van der Waals surface area (Å²) in [6.45, 7) is 2.81. The van der Waals surface area contributed by atoms with E-state index in [0.29, 0.717) is 55.6 Å². The first-order valence-corrected chi connectivity index (χ1v) is 11.5. The van der Waals surface area contributed by atoms with E-state index in [1.54, 1.807) is 17.9 Å². The predicted octanol–water partition coefficient (Wildman–Crippen LogP) is 4.65. The molecule has 1 aliphatic heterocycles. The zero-order valence-electron chi connectivity index (χ0n) is 20.4. The van der Waals surface area contributed by atoms with Gasteiger partial charge < -0.3 is 19.9 Å². The van der Waals surface area contributed by atoms with Crippen LogP contribution in [0.1, 0.15) is 22.5 Å². The summed E-state index contributed by atoms with van der Waals surface area (Å²) in [6, 6.07) is 6.25. The second-order valence-corrected chi connectivity index (χ2v) is 8.64. The average molecular weight is 542 g/mol. The highest BCUT2D eigenvalue weighted by molar-refractivity contribution is 5.74. The van der Waals surface area contributed by atoms with Crippen molar-refractivity contribution in [2.75, 3.05) is 38.2 Å². The standard InChI is InChI=1S/C24H24F6N6O2/c1-15-32-14-36(33-15)20-4-3-19(12-21(20)38-2)34-5-7-35(8-6-34)22(37)31-13-16-9-17(23(25,26)27)11-18(10-16)24(28,29)30/h3-4,9-12,14H,5-8,13H2,1-2H3,(H,31,37). The fourth-order valence-electron chi connectivity index (χ4n) is 4.09. The zero-order chi connectivity index (χ0) is 27.7. The van der Waals surface area contributed by atoms with Gasteiger partial charge in [-0.15, -0.1) is 0 Å². The molecule has 2 amide bonds. The molecule has 0 unspecified atom stereocenters. The van der Waals surface area contributed by atoms with Crippen LogP contribution in [0.15, 0.2) is 42.7 Å². The molecule has 1 aliphatic rings. The first-order chi connectivity index (χ1) is 17.8. The van der Waals surface area contributed by atoms with E-state index in [9.17, 15) is 31.1 Å². The molecule has 0 spiro atoms. The minimum atomic E-state index is -4.95. The van der Waals surface area contributed by atoms with Gasteiger partial charge in [-0.05, 0) is 42.8 Å². The molecule has 0 bridgehead atoms. The summed E-state index contributed by atoms with van der Waals surface area (Å²) in [5.74, 6) is 1.19. The quantitative estimate of drug-likeness (QED) is 0.475. The van der Waals surface area contributed by atoms with E-state index in [0.717, 1.165) is 5.69 Å². The van der Waals surface area contributed by atoms with Crippen LogP contribution in [0, 0.1) is 6.92 Å². The molecule has 1 N–H and O–H groups in total. The predicted molar refractivity (Wildman–Crippen MR) is 125 cm³/mol. The van der Waals surface area contributed by atoms with Crippen molar-refractivity contribution in [2.45, 2.75) is 25.8 Å². The molecule has 0 atom stereocenters. The van der Waals surface area contributed by atoms with Gasteiger partial charge in [0.2, 0.25) is 0 Å². The molecule has 0 radical (unpaired) electrons. The maximum atomic E-state index is 13.1. The minimum Gasteiger partial charge on any atom is -0.494 e. The number of piperazine rings is 1. The normalized spacial score (nSPS) is 14.5. The lowest BCUT2D eigenvalue weighted by molar-refractivity contribution is -0.143. The topological polar surface area (TPSA) is 75.5 Å². The Hall–Kier alpha value is -3.97. The Morgan fingerprint density at radius 3 is 2.13 bits per heavy atom. The van der Waals surface area contributed by atoms with Gasteiger partial charge in [0.05, 0.1) is 18.2 Å². The number of rotatable bonds is 5. The largest absolute Gasteiger partial charge is 0.494 e. The number of carbonyl (C=O) groups is 1. The maximum absolute atomic E-state index is 13.1. The third-order valence-corrected chi connectivity index (χ3v) is 6.04. The highest BCUT2D eigenvalue weighted by Crippen LogP contribution is 2.36. The highest BCUT2D eigenvalue weighted by Gasteiger charge is 2.37. The summed E-state index contributed by atoms with van der Waals surface area (Å²) in [5, 5.41) is 6.71. The van der Waals surface area contributed by atoms with Crippen molar-refractivity contribution in [3.8, 4) is 11.4 Å². The van der Waals surface area contributed by atoms with Gasteiger partial charge in [0, 0.05) is 44.5 Å². The van der Waals surface area contributed by atoms with Crippen molar-refractivity contribution in [1.82, 2.24) is 25.0 Å². The number of aryl methyl sites for hydroxylation is 1. The van der Waals surface area contributed by atoms with Gasteiger partial charge in [-0.2, -0.15) is 31.4 Å². The Labute approximate surface area is 213 Å². The monoisotopic (exact) mass is 542 g/mol. The summed E-state index contributed by atoms with van der Waals surface area (Å²) in [4.78, 5) is 20.2. The molecule has 3 aromatic rings. The van der Waals surface area contributed by atoms with Gasteiger partial charge in [0.1, 0.15) is 23.6 Å². The Bertz CT molecular complexity index is 1270. The number of hydrogen-bond acceptors (Lipinski definition) is 5. The molecule has 1 saturated heterocycles. The van der Waals surface area contributed by atoms with Crippen molar-refractivity contribution in [3.05, 3.63) is 65.2 Å². The van der Waals surface area contributed by atoms with Crippen LogP contribution >= 0.6 is 0 Å². The average Bonchev–Trinajstić information content (AvgIpc) is 3.31. The van der Waals surface area contributed by atoms with Crippen LogP contribution in [0.2, 0.25) is 0 Å². The summed E-state index contributed by atoms with van der Waals surface area (Å²) < 4.78 is 85.6. The van der Waals surface area contributed by atoms with Crippen molar-refractivity contribution in [2.24, 2.45) is 0 Å². The molecule has 2 heterocycles. The number of nitrogens with zero attached hydrogens (tertiary/aromatic N) is 5. The molecule has 1 fully saturated rings. The Kier molecular flexibility index (Phi) is 7.42. The molecule has 2 aromatic carbocycles. The summed E-state index contributed by atoms with van der Waals surface area (Å²) >= 11 is 0. The maximum Gasteiger partial charge on any atom is 0.416 e. The third-order valence-electron chi connectivity index (χ3n) is 6.04. The number of anilines is 1. The number of hydrogen-bond donors (Lipinski definition) is 1. The highest BCUT2D eigenvalue weighted by atomic mass is 19.4. The molecule has 14 heteroatoms. The molecule has 0 saturated carbocycles. The van der Waals surface area contributed by atoms with E-state index < -0.39 is 36.1 Å². The van der Waals surface area contributed by atoms with Gasteiger partial charge in [-0.3, -0.25) is 0 Å². The minimum absolute atomic E-state index is 0.0546. The van der Waals surface area contributed by atoms with Crippen molar-refractivity contribution in [3.63, 3.8) is 0 Å². The number of alkyl halides is 6. The van der Waals surface area contributed by atoms with E-state index in [1.165, 1.54) is 12.0 Å². The summed E-state index contributed by atoms with van der Waals surface area (Å²) in [5.41, 5.74) is -1.59. The molecule has 38 heavy (non-hydrogen) atoms. The van der Waals surface area contributed by atoms with E-state index in [2.05, 4.69) is 15.4 Å². The first-order valence-electron chi connectivity index (χ1n) is 11.5. The Balaban J connectivity index is 1.38. The second kappa shape index (κ2) is 10.4. The second-order valence-electron chi connectivity index (χ2n) is 8.64. The van der Waals surface area contributed by atoms with Gasteiger partial charge in [-0.25, -0.2) is 14.5 Å². The van der Waals surface area contributed by atoms with E-state index in [1.807, 2.05) is 23.1 Å². The van der Waals surface area contributed by atoms with Crippen LogP contribution in [-0.4, -0.2) is 59.0 Å². The third kappa shape index (κ3) is 6.11. The zero-order valence-corrected chi connectivity index (χ0v) is 20.4. The van der Waals surface area contributed by atoms with Crippen LogP contribution in [0.5, 0.6) is 5.75 Å². The number of aromatic nitrogens is 3. The fourth-order valence-corrected chi connectivity index (χ4v) is 4.09. The lowest BCUT2D eigenvalue weighted by Crippen LogP contribution is -2.51. The van der Waals surface area contributed by atoms with Gasteiger partial charge in [0.25, 0.3) is 0 Å².